The van der Waals surface area contributed by atoms with Crippen LogP contribution in [0.15, 0.2) is 158 Å². The van der Waals surface area contributed by atoms with Crippen molar-refractivity contribution in [2.45, 2.75) is 77.0 Å². The SMILES string of the molecule is CC(C)(c1ccccc1)c1ccc(OOc2ccc(C(C)(C)c3ccccc3)cc2C(C)(C)c2ccccc2)c(C(C)(C)c2ccccc2)c1. The van der Waals surface area contributed by atoms with Gasteiger partial charge in [-0.05, 0) is 45.5 Å². The Morgan fingerprint density at radius 3 is 0.820 bits per heavy atom. The number of benzene rings is 6. The maximum absolute atomic E-state index is 6.49. The van der Waals surface area contributed by atoms with Crippen LogP contribution in [0.5, 0.6) is 11.5 Å². The Morgan fingerprint density at radius 2 is 0.540 bits per heavy atom. The zero-order valence-corrected chi connectivity index (χ0v) is 30.8. The molecule has 0 aliphatic rings. The molecule has 6 rings (SSSR count). The fraction of sp³-hybridized carbons (Fsp3) is 0.250. The van der Waals surface area contributed by atoms with Crippen molar-refractivity contribution in [3.8, 4) is 11.5 Å². The van der Waals surface area contributed by atoms with Gasteiger partial charge in [-0.15, -0.1) is 0 Å². The molecule has 0 radical (unpaired) electrons. The summed E-state index contributed by atoms with van der Waals surface area (Å²) in [4.78, 5) is 13.0. The van der Waals surface area contributed by atoms with Gasteiger partial charge in [0, 0.05) is 32.8 Å². The quantitative estimate of drug-likeness (QED) is 0.102. The lowest BCUT2D eigenvalue weighted by Gasteiger charge is -2.33. The molecule has 0 bridgehead atoms. The van der Waals surface area contributed by atoms with E-state index in [1.165, 1.54) is 33.4 Å². The van der Waals surface area contributed by atoms with E-state index in [2.05, 4.69) is 213 Å². The molecular weight excluding hydrogens is 609 g/mol. The van der Waals surface area contributed by atoms with E-state index in [9.17, 15) is 0 Å². The standard InChI is InChI=1S/C48H50O2/c1-45(2,35-21-13-9-14-22-35)39-29-31-43(41(33-39)47(5,6)37-25-17-11-18-26-37)49-50-44-32-30-40(46(3,4)36-23-15-10-16-24-36)34-42(44)48(7,8)38-27-19-12-20-28-38/h9-34H,1-8H3. The van der Waals surface area contributed by atoms with Gasteiger partial charge in [0.1, 0.15) is 0 Å². The zero-order chi connectivity index (χ0) is 35.6. The van der Waals surface area contributed by atoms with Gasteiger partial charge < -0.3 is 0 Å². The largest absolute Gasteiger partial charge is 0.290 e. The Morgan fingerprint density at radius 1 is 0.280 bits per heavy atom. The third-order valence-corrected chi connectivity index (χ3v) is 11.0. The third-order valence-electron chi connectivity index (χ3n) is 11.0. The van der Waals surface area contributed by atoms with Crippen LogP contribution in [-0.2, 0) is 21.7 Å². The molecule has 0 saturated carbocycles. The van der Waals surface area contributed by atoms with Gasteiger partial charge >= 0.3 is 0 Å². The van der Waals surface area contributed by atoms with Crippen molar-refractivity contribution in [1.82, 2.24) is 0 Å². The molecule has 6 aromatic carbocycles. The molecular formula is C48H50O2. The van der Waals surface area contributed by atoms with Gasteiger partial charge in [-0.25, -0.2) is 0 Å². The Balaban J connectivity index is 1.44. The van der Waals surface area contributed by atoms with Gasteiger partial charge in [-0.3, -0.25) is 9.78 Å². The number of rotatable bonds is 11. The molecule has 0 aliphatic heterocycles. The molecule has 0 unspecified atom stereocenters. The smallest absolute Gasteiger partial charge is 0.182 e. The maximum Gasteiger partial charge on any atom is 0.182 e. The average molecular weight is 659 g/mol. The summed E-state index contributed by atoms with van der Waals surface area (Å²) in [5, 5.41) is 0. The Labute approximate surface area is 299 Å². The lowest BCUT2D eigenvalue weighted by atomic mass is 9.73. The van der Waals surface area contributed by atoms with Gasteiger partial charge in [-0.2, -0.15) is 0 Å². The van der Waals surface area contributed by atoms with Crippen LogP contribution in [-0.4, -0.2) is 0 Å². The second-order valence-corrected chi connectivity index (χ2v) is 15.6. The highest BCUT2D eigenvalue weighted by atomic mass is 17.2. The molecule has 0 spiro atoms. The highest BCUT2D eigenvalue weighted by molar-refractivity contribution is 5.53. The van der Waals surface area contributed by atoms with E-state index in [1.807, 2.05) is 0 Å². The molecule has 50 heavy (non-hydrogen) atoms. The van der Waals surface area contributed by atoms with Crippen molar-refractivity contribution in [2.75, 3.05) is 0 Å². The van der Waals surface area contributed by atoms with Crippen LogP contribution in [0.3, 0.4) is 0 Å². The monoisotopic (exact) mass is 658 g/mol. The summed E-state index contributed by atoms with van der Waals surface area (Å²) in [6.07, 6.45) is 0. The molecule has 0 fully saturated rings. The first-order chi connectivity index (χ1) is 23.8. The molecule has 254 valence electrons. The van der Waals surface area contributed by atoms with Crippen LogP contribution in [0.1, 0.15) is 99.9 Å². The molecule has 0 atom stereocenters. The van der Waals surface area contributed by atoms with E-state index in [1.54, 1.807) is 0 Å². The average Bonchev–Trinajstić information content (AvgIpc) is 3.15. The zero-order valence-electron chi connectivity index (χ0n) is 30.8. The van der Waals surface area contributed by atoms with E-state index >= 15 is 0 Å². The van der Waals surface area contributed by atoms with Crippen LogP contribution in [0.4, 0.5) is 0 Å². The van der Waals surface area contributed by atoms with Gasteiger partial charge in [0.2, 0.25) is 0 Å². The van der Waals surface area contributed by atoms with E-state index < -0.39 is 0 Å². The molecule has 2 nitrogen and oxygen atoms in total. The molecule has 0 heterocycles. The number of hydrogen-bond acceptors (Lipinski definition) is 2. The van der Waals surface area contributed by atoms with Crippen molar-refractivity contribution in [2.24, 2.45) is 0 Å². The van der Waals surface area contributed by atoms with Crippen molar-refractivity contribution in [1.29, 1.82) is 0 Å². The summed E-state index contributed by atoms with van der Waals surface area (Å²) in [6.45, 7) is 18.2. The van der Waals surface area contributed by atoms with Crippen LogP contribution in [0, 0.1) is 0 Å². The van der Waals surface area contributed by atoms with Gasteiger partial charge in [-0.1, -0.05) is 201 Å². The summed E-state index contributed by atoms with van der Waals surface area (Å²) >= 11 is 0. The molecule has 0 aliphatic carbocycles. The minimum Gasteiger partial charge on any atom is -0.290 e. The van der Waals surface area contributed by atoms with E-state index in [4.69, 9.17) is 9.78 Å². The normalized spacial score (nSPS) is 12.4. The summed E-state index contributed by atoms with van der Waals surface area (Å²) in [6, 6.07) is 55.8. The van der Waals surface area contributed by atoms with Crippen molar-refractivity contribution < 1.29 is 9.78 Å². The first-order valence-electron chi connectivity index (χ1n) is 17.7. The lowest BCUT2D eigenvalue weighted by molar-refractivity contribution is -0.102. The van der Waals surface area contributed by atoms with Crippen molar-refractivity contribution >= 4 is 0 Å². The summed E-state index contributed by atoms with van der Waals surface area (Å²) in [5.74, 6) is 1.40. The molecule has 0 amide bonds. The highest BCUT2D eigenvalue weighted by Gasteiger charge is 2.33. The number of hydrogen-bond donors (Lipinski definition) is 0. The van der Waals surface area contributed by atoms with Gasteiger partial charge in [0.15, 0.2) is 11.5 Å². The van der Waals surface area contributed by atoms with Gasteiger partial charge in [0.05, 0.1) is 0 Å². The Hall–Kier alpha value is -5.08. The highest BCUT2D eigenvalue weighted by Crippen LogP contribution is 2.44. The minimum atomic E-state index is -0.363. The van der Waals surface area contributed by atoms with Crippen LogP contribution >= 0.6 is 0 Å². The first-order valence-corrected chi connectivity index (χ1v) is 17.7. The predicted molar refractivity (Wildman–Crippen MR) is 208 cm³/mol. The van der Waals surface area contributed by atoms with E-state index in [-0.39, 0.29) is 21.7 Å². The van der Waals surface area contributed by atoms with E-state index in [0.717, 1.165) is 11.1 Å². The fourth-order valence-corrected chi connectivity index (χ4v) is 7.11. The van der Waals surface area contributed by atoms with E-state index in [0.29, 0.717) is 11.5 Å². The second-order valence-electron chi connectivity index (χ2n) is 15.6. The summed E-state index contributed by atoms with van der Waals surface area (Å²) < 4.78 is 0. The topological polar surface area (TPSA) is 18.5 Å². The van der Waals surface area contributed by atoms with Gasteiger partial charge in [0.25, 0.3) is 0 Å². The lowest BCUT2D eigenvalue weighted by Crippen LogP contribution is -2.25. The van der Waals surface area contributed by atoms with Crippen molar-refractivity contribution in [3.63, 3.8) is 0 Å². The van der Waals surface area contributed by atoms with Crippen molar-refractivity contribution in [3.05, 3.63) is 202 Å². The molecule has 0 N–H and O–H groups in total. The van der Waals surface area contributed by atoms with Crippen LogP contribution < -0.4 is 9.78 Å². The molecule has 2 heteroatoms. The molecule has 0 saturated heterocycles. The first kappa shape index (κ1) is 34.8. The molecule has 0 aromatic heterocycles. The third kappa shape index (κ3) is 6.72. The van der Waals surface area contributed by atoms with Crippen LogP contribution in [0.2, 0.25) is 0 Å². The second kappa shape index (κ2) is 13.7. The molecule has 6 aromatic rings. The fourth-order valence-electron chi connectivity index (χ4n) is 7.11. The predicted octanol–water partition coefficient (Wildman–Crippen LogP) is 12.4. The maximum atomic E-state index is 6.49. The van der Waals surface area contributed by atoms with Crippen LogP contribution in [0.25, 0.3) is 0 Å². The Kier molecular flexibility index (Phi) is 9.51. The summed E-state index contributed by atoms with van der Waals surface area (Å²) in [7, 11) is 0. The minimum absolute atomic E-state index is 0.212. The summed E-state index contributed by atoms with van der Waals surface area (Å²) in [5.41, 5.74) is 8.35. The Bertz CT molecular complexity index is 1870.